The highest BCUT2D eigenvalue weighted by Gasteiger charge is 2.10. The zero-order valence-electron chi connectivity index (χ0n) is 11.9. The van der Waals surface area contributed by atoms with Gasteiger partial charge in [-0.1, -0.05) is 42.5 Å². The highest BCUT2D eigenvalue weighted by atomic mass is 16.5. The molecule has 0 spiro atoms. The van der Waals surface area contributed by atoms with Crippen LogP contribution in [0.25, 0.3) is 0 Å². The van der Waals surface area contributed by atoms with Gasteiger partial charge in [0.25, 0.3) is 0 Å². The van der Waals surface area contributed by atoms with E-state index in [-0.39, 0.29) is 11.7 Å². The average Bonchev–Trinajstić information content (AvgIpc) is 2.52. The van der Waals surface area contributed by atoms with Crippen LogP contribution in [-0.2, 0) is 4.74 Å². The SMILES string of the molecule is CC(OCCOc1ccccc1C(=O)O)c1ccccc1. The fourth-order valence-electron chi connectivity index (χ4n) is 1.97. The first kappa shape index (κ1) is 15.1. The average molecular weight is 286 g/mol. The molecule has 21 heavy (non-hydrogen) atoms. The molecule has 0 aliphatic rings. The molecule has 0 aliphatic carbocycles. The second kappa shape index (κ2) is 7.45. The van der Waals surface area contributed by atoms with Crippen LogP contribution < -0.4 is 4.74 Å². The molecule has 0 saturated heterocycles. The second-order valence-electron chi connectivity index (χ2n) is 4.57. The van der Waals surface area contributed by atoms with Gasteiger partial charge in [-0.25, -0.2) is 4.79 Å². The quantitative estimate of drug-likeness (QED) is 0.791. The van der Waals surface area contributed by atoms with Crippen molar-refractivity contribution in [1.82, 2.24) is 0 Å². The van der Waals surface area contributed by atoms with Crippen molar-refractivity contribution in [1.29, 1.82) is 0 Å². The topological polar surface area (TPSA) is 55.8 Å². The van der Waals surface area contributed by atoms with E-state index in [1.165, 1.54) is 6.07 Å². The molecule has 4 heteroatoms. The third kappa shape index (κ3) is 4.33. The molecule has 0 heterocycles. The summed E-state index contributed by atoms with van der Waals surface area (Å²) >= 11 is 0. The normalized spacial score (nSPS) is 11.9. The van der Waals surface area contributed by atoms with Crippen molar-refractivity contribution in [2.24, 2.45) is 0 Å². The lowest BCUT2D eigenvalue weighted by Gasteiger charge is -2.14. The lowest BCUT2D eigenvalue weighted by Crippen LogP contribution is -2.11. The smallest absolute Gasteiger partial charge is 0.339 e. The van der Waals surface area contributed by atoms with Gasteiger partial charge in [0.2, 0.25) is 0 Å². The third-order valence-electron chi connectivity index (χ3n) is 3.10. The van der Waals surface area contributed by atoms with Gasteiger partial charge in [0.05, 0.1) is 12.7 Å². The van der Waals surface area contributed by atoms with Crippen molar-refractivity contribution in [3.8, 4) is 5.75 Å². The fraction of sp³-hybridized carbons (Fsp3) is 0.235. The van der Waals surface area contributed by atoms with Crippen LogP contribution in [0.1, 0.15) is 28.9 Å². The maximum atomic E-state index is 11.0. The minimum atomic E-state index is -0.996. The van der Waals surface area contributed by atoms with E-state index < -0.39 is 5.97 Å². The summed E-state index contributed by atoms with van der Waals surface area (Å²) in [6, 6.07) is 16.5. The Bertz CT molecular complexity index is 580. The highest BCUT2D eigenvalue weighted by molar-refractivity contribution is 5.90. The maximum Gasteiger partial charge on any atom is 0.339 e. The number of benzene rings is 2. The molecular formula is C17H18O4. The van der Waals surface area contributed by atoms with Crippen LogP contribution in [0, 0.1) is 0 Å². The van der Waals surface area contributed by atoms with Crippen LogP contribution in [0.3, 0.4) is 0 Å². The molecule has 2 rings (SSSR count). The summed E-state index contributed by atoms with van der Waals surface area (Å²) in [7, 11) is 0. The van der Waals surface area contributed by atoms with E-state index in [9.17, 15) is 4.79 Å². The Kier molecular flexibility index (Phi) is 5.35. The van der Waals surface area contributed by atoms with Gasteiger partial charge < -0.3 is 14.6 Å². The Hall–Kier alpha value is -2.33. The van der Waals surface area contributed by atoms with Gasteiger partial charge in [-0.15, -0.1) is 0 Å². The van der Waals surface area contributed by atoms with Crippen molar-refractivity contribution >= 4 is 5.97 Å². The first-order valence-electron chi connectivity index (χ1n) is 6.80. The van der Waals surface area contributed by atoms with Gasteiger partial charge in [-0.05, 0) is 24.6 Å². The van der Waals surface area contributed by atoms with Crippen molar-refractivity contribution in [3.05, 3.63) is 65.7 Å². The van der Waals surface area contributed by atoms with E-state index in [1.807, 2.05) is 37.3 Å². The fourth-order valence-corrected chi connectivity index (χ4v) is 1.97. The first-order chi connectivity index (χ1) is 10.2. The van der Waals surface area contributed by atoms with Crippen LogP contribution in [0.2, 0.25) is 0 Å². The minimum absolute atomic E-state index is 0.0236. The molecule has 1 atom stereocenters. The molecule has 0 radical (unpaired) electrons. The lowest BCUT2D eigenvalue weighted by atomic mass is 10.1. The van der Waals surface area contributed by atoms with Crippen molar-refractivity contribution in [3.63, 3.8) is 0 Å². The van der Waals surface area contributed by atoms with E-state index in [4.69, 9.17) is 14.6 Å². The molecule has 0 saturated carbocycles. The van der Waals surface area contributed by atoms with Gasteiger partial charge in [0.1, 0.15) is 17.9 Å². The summed E-state index contributed by atoms with van der Waals surface area (Å²) in [6.07, 6.45) is -0.0236. The Morgan fingerprint density at radius 3 is 2.43 bits per heavy atom. The second-order valence-corrected chi connectivity index (χ2v) is 4.57. The molecule has 1 N–H and O–H groups in total. The Morgan fingerprint density at radius 2 is 1.71 bits per heavy atom. The summed E-state index contributed by atoms with van der Waals surface area (Å²) in [4.78, 5) is 11.0. The molecule has 1 unspecified atom stereocenters. The molecule has 2 aromatic carbocycles. The van der Waals surface area contributed by atoms with Gasteiger partial charge in [0, 0.05) is 0 Å². The number of hydrogen-bond acceptors (Lipinski definition) is 3. The predicted octanol–water partition coefficient (Wildman–Crippen LogP) is 3.54. The number of carboxylic acid groups (broad SMARTS) is 1. The molecule has 2 aromatic rings. The van der Waals surface area contributed by atoms with Crippen LogP contribution in [0.5, 0.6) is 5.75 Å². The molecule has 0 aliphatic heterocycles. The number of hydrogen-bond donors (Lipinski definition) is 1. The first-order valence-corrected chi connectivity index (χ1v) is 6.80. The Morgan fingerprint density at radius 1 is 1.05 bits per heavy atom. The Balaban J connectivity index is 1.81. The lowest BCUT2D eigenvalue weighted by molar-refractivity contribution is 0.0432. The monoisotopic (exact) mass is 286 g/mol. The maximum absolute atomic E-state index is 11.0. The largest absolute Gasteiger partial charge is 0.490 e. The summed E-state index contributed by atoms with van der Waals surface area (Å²) in [5.74, 6) is -0.634. The number of rotatable bonds is 7. The molecule has 0 bridgehead atoms. The number of para-hydroxylation sites is 1. The van der Waals surface area contributed by atoms with Crippen LogP contribution in [0.4, 0.5) is 0 Å². The minimum Gasteiger partial charge on any atom is -0.490 e. The molecular weight excluding hydrogens is 268 g/mol. The van der Waals surface area contributed by atoms with Crippen molar-refractivity contribution < 1.29 is 19.4 Å². The van der Waals surface area contributed by atoms with E-state index >= 15 is 0 Å². The molecule has 0 amide bonds. The van der Waals surface area contributed by atoms with Gasteiger partial charge in [-0.3, -0.25) is 0 Å². The van der Waals surface area contributed by atoms with Crippen LogP contribution in [-0.4, -0.2) is 24.3 Å². The van der Waals surface area contributed by atoms with Gasteiger partial charge in [-0.2, -0.15) is 0 Å². The molecule has 4 nitrogen and oxygen atoms in total. The number of aromatic carboxylic acids is 1. The summed E-state index contributed by atoms with van der Waals surface area (Å²) in [6.45, 7) is 2.67. The summed E-state index contributed by atoms with van der Waals surface area (Å²) in [5, 5.41) is 9.05. The van der Waals surface area contributed by atoms with E-state index in [1.54, 1.807) is 18.2 Å². The van der Waals surface area contributed by atoms with Crippen molar-refractivity contribution in [2.45, 2.75) is 13.0 Å². The zero-order valence-corrected chi connectivity index (χ0v) is 11.9. The van der Waals surface area contributed by atoms with Crippen LogP contribution >= 0.6 is 0 Å². The summed E-state index contributed by atoms with van der Waals surface area (Å²) in [5.41, 5.74) is 1.26. The van der Waals surface area contributed by atoms with Crippen molar-refractivity contribution in [2.75, 3.05) is 13.2 Å². The van der Waals surface area contributed by atoms with Gasteiger partial charge >= 0.3 is 5.97 Å². The molecule has 0 aromatic heterocycles. The molecule has 0 fully saturated rings. The van der Waals surface area contributed by atoms with Gasteiger partial charge in [0.15, 0.2) is 0 Å². The summed E-state index contributed by atoms with van der Waals surface area (Å²) < 4.78 is 11.2. The third-order valence-corrected chi connectivity index (χ3v) is 3.10. The highest BCUT2D eigenvalue weighted by Crippen LogP contribution is 2.18. The zero-order chi connectivity index (χ0) is 15.1. The number of carbonyl (C=O) groups is 1. The molecule has 110 valence electrons. The van der Waals surface area contributed by atoms with E-state index in [0.717, 1.165) is 5.56 Å². The van der Waals surface area contributed by atoms with Crippen LogP contribution in [0.15, 0.2) is 54.6 Å². The predicted molar refractivity (Wildman–Crippen MR) is 79.7 cm³/mol. The standard InChI is InChI=1S/C17H18O4/c1-13(14-7-3-2-4-8-14)20-11-12-21-16-10-6-5-9-15(16)17(18)19/h2-10,13H,11-12H2,1H3,(H,18,19). The van der Waals surface area contributed by atoms with E-state index in [0.29, 0.717) is 19.0 Å². The number of carboxylic acids is 1. The number of ether oxygens (including phenoxy) is 2. The Labute approximate surface area is 123 Å². The van der Waals surface area contributed by atoms with E-state index in [2.05, 4.69) is 0 Å².